The molecule has 0 spiro atoms. The van der Waals surface area contributed by atoms with E-state index in [-0.39, 0.29) is 24.2 Å². The predicted molar refractivity (Wildman–Crippen MR) is 104 cm³/mol. The summed E-state index contributed by atoms with van der Waals surface area (Å²) in [4.78, 5) is 2.01. The number of likely N-dealkylation sites (N-methyl/N-ethyl adjacent to an activating group) is 1. The monoisotopic (exact) mass is 392 g/mol. The minimum absolute atomic E-state index is 0.0217. The second kappa shape index (κ2) is 8.37. The van der Waals surface area contributed by atoms with E-state index in [2.05, 4.69) is 0 Å². The van der Waals surface area contributed by atoms with Gasteiger partial charge in [-0.1, -0.05) is 30.3 Å². The van der Waals surface area contributed by atoms with Crippen molar-refractivity contribution in [1.29, 1.82) is 0 Å². The van der Waals surface area contributed by atoms with Crippen molar-refractivity contribution in [2.75, 3.05) is 39.5 Å². The van der Waals surface area contributed by atoms with E-state index < -0.39 is 10.0 Å². The number of sulfonamides is 1. The number of rotatable bonds is 6. The molecular formula is C20H25FN2O3S. The molecule has 5 nitrogen and oxygen atoms in total. The average Bonchev–Trinajstić information content (AvgIpc) is 2.67. The lowest BCUT2D eigenvalue weighted by Gasteiger charge is -2.39. The molecule has 2 aromatic carbocycles. The average molecular weight is 392 g/mol. The second-order valence-corrected chi connectivity index (χ2v) is 8.88. The first kappa shape index (κ1) is 19.8. The van der Waals surface area contributed by atoms with Crippen molar-refractivity contribution >= 4 is 10.0 Å². The standard InChI is InChI=1S/C20H25FN2O3S/c1-22-11-12-23(15-20(22)18-8-3-4-9-19(18)21)27(24,25)13-10-16-6-5-7-17(14-16)26-2/h3-9,14,20H,10-13,15H2,1-2H3. The largest absolute Gasteiger partial charge is 0.497 e. The molecule has 0 bridgehead atoms. The molecule has 7 heteroatoms. The Kier molecular flexibility index (Phi) is 6.14. The van der Waals surface area contributed by atoms with E-state index in [9.17, 15) is 12.8 Å². The van der Waals surface area contributed by atoms with Crippen molar-refractivity contribution in [2.45, 2.75) is 12.5 Å². The van der Waals surface area contributed by atoms with Gasteiger partial charge in [0, 0.05) is 25.2 Å². The number of piperazine rings is 1. The molecule has 1 fully saturated rings. The van der Waals surface area contributed by atoms with Gasteiger partial charge in [-0.2, -0.15) is 4.31 Å². The second-order valence-electron chi connectivity index (χ2n) is 6.79. The van der Waals surface area contributed by atoms with Crippen LogP contribution < -0.4 is 4.74 Å². The fraction of sp³-hybridized carbons (Fsp3) is 0.400. The highest BCUT2D eigenvalue weighted by molar-refractivity contribution is 7.89. The molecule has 1 atom stereocenters. The first-order chi connectivity index (χ1) is 12.9. The lowest BCUT2D eigenvalue weighted by Crippen LogP contribution is -2.49. The van der Waals surface area contributed by atoms with Gasteiger partial charge in [-0.25, -0.2) is 12.8 Å². The maximum atomic E-state index is 14.2. The van der Waals surface area contributed by atoms with Gasteiger partial charge in [0.2, 0.25) is 10.0 Å². The van der Waals surface area contributed by atoms with Crippen LogP contribution in [0.1, 0.15) is 17.2 Å². The van der Waals surface area contributed by atoms with Gasteiger partial charge >= 0.3 is 0 Å². The molecule has 0 N–H and O–H groups in total. The van der Waals surface area contributed by atoms with E-state index >= 15 is 0 Å². The van der Waals surface area contributed by atoms with Crippen LogP contribution in [-0.4, -0.2) is 57.2 Å². The van der Waals surface area contributed by atoms with Crippen molar-refractivity contribution in [3.8, 4) is 5.75 Å². The van der Waals surface area contributed by atoms with Gasteiger partial charge in [-0.3, -0.25) is 4.90 Å². The Bertz CT molecular complexity index is 888. The molecule has 1 aliphatic heterocycles. The van der Waals surface area contributed by atoms with E-state index in [4.69, 9.17) is 4.74 Å². The zero-order valence-electron chi connectivity index (χ0n) is 15.6. The molecule has 1 heterocycles. The van der Waals surface area contributed by atoms with Crippen LogP contribution in [0.2, 0.25) is 0 Å². The van der Waals surface area contributed by atoms with Crippen LogP contribution in [0.4, 0.5) is 4.39 Å². The Morgan fingerprint density at radius 2 is 1.93 bits per heavy atom. The van der Waals surface area contributed by atoms with E-state index in [0.29, 0.717) is 30.8 Å². The predicted octanol–water partition coefficient (Wildman–Crippen LogP) is 2.70. The first-order valence-corrected chi connectivity index (χ1v) is 10.6. The number of aryl methyl sites for hydroxylation is 1. The smallest absolute Gasteiger partial charge is 0.214 e. The molecule has 27 heavy (non-hydrogen) atoms. The summed E-state index contributed by atoms with van der Waals surface area (Å²) in [5, 5.41) is 0. The maximum absolute atomic E-state index is 14.2. The van der Waals surface area contributed by atoms with Gasteiger partial charge in [0.05, 0.1) is 18.9 Å². The number of ether oxygens (including phenoxy) is 1. The van der Waals surface area contributed by atoms with Gasteiger partial charge in [0.15, 0.2) is 0 Å². The Hall–Kier alpha value is -1.96. The summed E-state index contributed by atoms with van der Waals surface area (Å²) in [6.45, 7) is 1.25. The van der Waals surface area contributed by atoms with Crippen LogP contribution in [-0.2, 0) is 16.4 Å². The fourth-order valence-electron chi connectivity index (χ4n) is 3.39. The molecule has 0 saturated carbocycles. The Labute approximate surface area is 160 Å². The minimum Gasteiger partial charge on any atom is -0.497 e. The maximum Gasteiger partial charge on any atom is 0.214 e. The lowest BCUT2D eigenvalue weighted by atomic mass is 10.0. The number of hydrogen-bond donors (Lipinski definition) is 0. The van der Waals surface area contributed by atoms with Crippen LogP contribution >= 0.6 is 0 Å². The van der Waals surface area contributed by atoms with Crippen LogP contribution in [0.25, 0.3) is 0 Å². The lowest BCUT2D eigenvalue weighted by molar-refractivity contribution is 0.145. The molecule has 3 rings (SSSR count). The summed E-state index contributed by atoms with van der Waals surface area (Å²) in [7, 11) is 0.0515. The quantitative estimate of drug-likeness (QED) is 0.759. The van der Waals surface area contributed by atoms with E-state index in [1.807, 2.05) is 36.2 Å². The molecular weight excluding hydrogens is 367 g/mol. The van der Waals surface area contributed by atoms with Gasteiger partial charge in [-0.05, 0) is 37.2 Å². The van der Waals surface area contributed by atoms with Crippen molar-refractivity contribution in [1.82, 2.24) is 9.21 Å². The van der Waals surface area contributed by atoms with Gasteiger partial charge in [-0.15, -0.1) is 0 Å². The first-order valence-electron chi connectivity index (χ1n) is 8.96. The van der Waals surface area contributed by atoms with E-state index in [0.717, 1.165) is 5.56 Å². The van der Waals surface area contributed by atoms with Crippen LogP contribution in [0.3, 0.4) is 0 Å². The Balaban J connectivity index is 1.71. The van der Waals surface area contributed by atoms with Crippen LogP contribution in [0, 0.1) is 5.82 Å². The fourth-order valence-corrected chi connectivity index (χ4v) is 4.87. The van der Waals surface area contributed by atoms with Crippen molar-refractivity contribution in [3.05, 3.63) is 65.5 Å². The molecule has 0 aliphatic carbocycles. The number of methoxy groups -OCH3 is 1. The SMILES string of the molecule is COc1cccc(CCS(=O)(=O)N2CCN(C)C(c3ccccc3F)C2)c1. The van der Waals surface area contributed by atoms with Crippen LogP contribution in [0.5, 0.6) is 5.75 Å². The molecule has 1 aliphatic rings. The third-order valence-electron chi connectivity index (χ3n) is 5.05. The van der Waals surface area contributed by atoms with Crippen molar-refractivity contribution in [3.63, 3.8) is 0 Å². The van der Waals surface area contributed by atoms with Gasteiger partial charge < -0.3 is 4.74 Å². The topological polar surface area (TPSA) is 49.9 Å². The number of hydrogen-bond acceptors (Lipinski definition) is 4. The highest BCUT2D eigenvalue weighted by Crippen LogP contribution is 2.27. The van der Waals surface area contributed by atoms with Gasteiger partial charge in [0.25, 0.3) is 0 Å². The van der Waals surface area contributed by atoms with Crippen LogP contribution in [0.15, 0.2) is 48.5 Å². The molecule has 2 aromatic rings. The zero-order valence-corrected chi connectivity index (χ0v) is 16.5. The molecule has 1 saturated heterocycles. The highest BCUT2D eigenvalue weighted by Gasteiger charge is 2.33. The normalized spacial score (nSPS) is 19.1. The van der Waals surface area contributed by atoms with Crippen molar-refractivity contribution < 1.29 is 17.5 Å². The molecule has 0 aromatic heterocycles. The van der Waals surface area contributed by atoms with Crippen molar-refractivity contribution in [2.24, 2.45) is 0 Å². The summed E-state index contributed by atoms with van der Waals surface area (Å²) in [6, 6.07) is 13.7. The summed E-state index contributed by atoms with van der Waals surface area (Å²) >= 11 is 0. The summed E-state index contributed by atoms with van der Waals surface area (Å²) < 4.78 is 46.6. The number of nitrogens with zero attached hydrogens (tertiary/aromatic N) is 2. The third-order valence-corrected chi connectivity index (χ3v) is 6.89. The highest BCUT2D eigenvalue weighted by atomic mass is 32.2. The third kappa shape index (κ3) is 4.66. The number of benzene rings is 2. The van der Waals surface area contributed by atoms with E-state index in [1.54, 1.807) is 25.3 Å². The summed E-state index contributed by atoms with van der Waals surface area (Å²) in [5.74, 6) is 0.433. The summed E-state index contributed by atoms with van der Waals surface area (Å²) in [5.41, 5.74) is 1.45. The van der Waals surface area contributed by atoms with E-state index in [1.165, 1.54) is 10.4 Å². The number of halogens is 1. The van der Waals surface area contributed by atoms with Gasteiger partial charge in [0.1, 0.15) is 11.6 Å². The molecule has 0 amide bonds. The molecule has 0 radical (unpaired) electrons. The Morgan fingerprint density at radius 1 is 1.15 bits per heavy atom. The molecule has 1 unspecified atom stereocenters. The molecule has 146 valence electrons. The summed E-state index contributed by atoms with van der Waals surface area (Å²) in [6.07, 6.45) is 0.413. The zero-order chi connectivity index (χ0) is 19.4. The Morgan fingerprint density at radius 3 is 2.67 bits per heavy atom. The minimum atomic E-state index is -3.43.